The van der Waals surface area contributed by atoms with Crippen LogP contribution in [0.3, 0.4) is 0 Å². The van der Waals surface area contributed by atoms with Crippen molar-refractivity contribution >= 4 is 97.9 Å². The molecule has 13 aromatic rings. The van der Waals surface area contributed by atoms with E-state index in [0.717, 1.165) is 44.4 Å². The van der Waals surface area contributed by atoms with E-state index in [1.807, 2.05) is 0 Å². The quantitative estimate of drug-likeness (QED) is 0.166. The number of fused-ring (bicyclic) bond motifs is 15. The second-order valence-electron chi connectivity index (χ2n) is 15.2. The minimum Gasteiger partial charge on any atom is -0.455 e. The summed E-state index contributed by atoms with van der Waals surface area (Å²) in [6.45, 7) is 0. The Hall–Kier alpha value is -7.62. The molecular formula is C54H32N2O. The first-order valence-electron chi connectivity index (χ1n) is 19.6. The molecule has 0 radical (unpaired) electrons. The molecule has 0 aliphatic rings. The molecule has 13 rings (SSSR count). The fraction of sp³-hybridized carbons (Fsp3) is 0. The maximum Gasteiger partial charge on any atom is 0.143 e. The summed E-state index contributed by atoms with van der Waals surface area (Å²) >= 11 is 0. The summed E-state index contributed by atoms with van der Waals surface area (Å²) in [5.41, 5.74) is 10.8. The van der Waals surface area contributed by atoms with Gasteiger partial charge in [-0.25, -0.2) is 0 Å². The molecule has 0 atom stereocenters. The summed E-state index contributed by atoms with van der Waals surface area (Å²) in [6, 6.07) is 70.8. The van der Waals surface area contributed by atoms with Crippen molar-refractivity contribution in [3.63, 3.8) is 0 Å². The van der Waals surface area contributed by atoms with Crippen molar-refractivity contribution in [2.45, 2.75) is 0 Å². The smallest absolute Gasteiger partial charge is 0.143 e. The maximum atomic E-state index is 7.04. The van der Waals surface area contributed by atoms with Crippen LogP contribution in [0.4, 0.5) is 0 Å². The summed E-state index contributed by atoms with van der Waals surface area (Å²) < 4.78 is 11.9. The molecule has 0 aliphatic heterocycles. The van der Waals surface area contributed by atoms with E-state index < -0.39 is 0 Å². The minimum atomic E-state index is 0.893. The van der Waals surface area contributed by atoms with Gasteiger partial charge in [0, 0.05) is 49.3 Å². The van der Waals surface area contributed by atoms with Crippen molar-refractivity contribution in [1.29, 1.82) is 0 Å². The Morgan fingerprint density at radius 2 is 0.667 bits per heavy atom. The summed E-state index contributed by atoms with van der Waals surface area (Å²) in [5, 5.41) is 14.7. The molecule has 10 aromatic carbocycles. The van der Waals surface area contributed by atoms with Gasteiger partial charge in [-0.1, -0.05) is 140 Å². The molecule has 3 aromatic heterocycles. The van der Waals surface area contributed by atoms with Gasteiger partial charge >= 0.3 is 0 Å². The number of rotatable bonds is 3. The Bertz CT molecular complexity index is 3580. The maximum absolute atomic E-state index is 7.04. The van der Waals surface area contributed by atoms with Gasteiger partial charge in [0.25, 0.3) is 0 Å². The lowest BCUT2D eigenvalue weighted by Gasteiger charge is -2.16. The van der Waals surface area contributed by atoms with Crippen LogP contribution in [0.2, 0.25) is 0 Å². The standard InChI is InChI=1S/C54H32N2O/c1-3-16-39-37(14-1)38-15-2-4-17-40(38)47-32-53-48(31-46(39)47)45-23-13-22-36(54(45)57-53)33-28-34(55-49-24-9-5-18-41(49)42-19-6-10-25-50(42)55)30-35(29-33)56-51-26-11-7-20-43(51)44-21-8-12-27-52(44)56/h1-32H. The number of para-hydroxylation sites is 5. The van der Waals surface area contributed by atoms with Crippen molar-refractivity contribution in [3.05, 3.63) is 194 Å². The van der Waals surface area contributed by atoms with Gasteiger partial charge in [0.05, 0.1) is 22.1 Å². The van der Waals surface area contributed by atoms with Gasteiger partial charge in [-0.3, -0.25) is 0 Å². The molecule has 3 nitrogen and oxygen atoms in total. The Morgan fingerprint density at radius 3 is 1.14 bits per heavy atom. The Morgan fingerprint density at radius 1 is 0.281 bits per heavy atom. The van der Waals surface area contributed by atoms with E-state index in [9.17, 15) is 0 Å². The zero-order valence-electron chi connectivity index (χ0n) is 30.8. The van der Waals surface area contributed by atoms with Gasteiger partial charge in [-0.15, -0.1) is 0 Å². The molecule has 0 unspecified atom stereocenters. The van der Waals surface area contributed by atoms with Gasteiger partial charge in [0.2, 0.25) is 0 Å². The van der Waals surface area contributed by atoms with Gasteiger partial charge in [0.1, 0.15) is 11.2 Å². The van der Waals surface area contributed by atoms with E-state index in [1.165, 1.54) is 75.9 Å². The third kappa shape index (κ3) is 4.26. The Labute approximate surface area is 326 Å². The molecule has 0 aliphatic carbocycles. The van der Waals surface area contributed by atoms with E-state index in [0.29, 0.717) is 0 Å². The highest BCUT2D eigenvalue weighted by molar-refractivity contribution is 6.28. The monoisotopic (exact) mass is 724 g/mol. The van der Waals surface area contributed by atoms with Crippen LogP contribution in [0.25, 0.3) is 120 Å². The summed E-state index contributed by atoms with van der Waals surface area (Å²) in [4.78, 5) is 0. The molecule has 0 amide bonds. The molecule has 3 heterocycles. The Balaban J connectivity index is 1.14. The molecule has 0 fully saturated rings. The van der Waals surface area contributed by atoms with E-state index in [4.69, 9.17) is 4.42 Å². The predicted molar refractivity (Wildman–Crippen MR) is 240 cm³/mol. The van der Waals surface area contributed by atoms with Crippen LogP contribution in [0, 0.1) is 0 Å². The van der Waals surface area contributed by atoms with E-state index >= 15 is 0 Å². The third-order valence-corrected chi connectivity index (χ3v) is 12.3. The molecule has 0 saturated carbocycles. The van der Waals surface area contributed by atoms with E-state index in [-0.39, 0.29) is 0 Å². The molecule has 57 heavy (non-hydrogen) atoms. The SMILES string of the molecule is c1cc(-c2cc(-n3c4ccccc4c4ccccc43)cc(-n3c4ccccc4c4ccccc43)c2)c2oc3cc4c5ccccc5c5ccccc5c4cc3c2c1. The first-order valence-corrected chi connectivity index (χ1v) is 19.6. The molecule has 0 spiro atoms. The van der Waals surface area contributed by atoms with Crippen LogP contribution in [0.5, 0.6) is 0 Å². The van der Waals surface area contributed by atoms with Crippen LogP contribution >= 0.6 is 0 Å². The second-order valence-corrected chi connectivity index (χ2v) is 15.2. The van der Waals surface area contributed by atoms with E-state index in [2.05, 4.69) is 203 Å². The molecule has 0 N–H and O–H groups in total. The number of aromatic nitrogens is 2. The molecular weight excluding hydrogens is 693 g/mol. The van der Waals surface area contributed by atoms with Crippen LogP contribution in [-0.4, -0.2) is 9.13 Å². The molecule has 0 bridgehead atoms. The zero-order chi connectivity index (χ0) is 37.2. The summed E-state index contributed by atoms with van der Waals surface area (Å²) in [6.07, 6.45) is 0. The highest BCUT2D eigenvalue weighted by Crippen LogP contribution is 2.44. The summed E-state index contributed by atoms with van der Waals surface area (Å²) in [7, 11) is 0. The lowest BCUT2D eigenvalue weighted by Crippen LogP contribution is -2.00. The molecule has 0 saturated heterocycles. The second kappa shape index (κ2) is 11.5. The molecule has 264 valence electrons. The largest absolute Gasteiger partial charge is 0.455 e. The highest BCUT2D eigenvalue weighted by Gasteiger charge is 2.20. The average molecular weight is 725 g/mol. The number of benzene rings is 10. The van der Waals surface area contributed by atoms with Crippen molar-refractivity contribution in [1.82, 2.24) is 9.13 Å². The number of hydrogen-bond acceptors (Lipinski definition) is 1. The van der Waals surface area contributed by atoms with Crippen molar-refractivity contribution in [2.75, 3.05) is 0 Å². The van der Waals surface area contributed by atoms with Crippen LogP contribution in [-0.2, 0) is 0 Å². The fourth-order valence-electron chi connectivity index (χ4n) is 9.83. The number of hydrogen-bond donors (Lipinski definition) is 0. The lowest BCUT2D eigenvalue weighted by atomic mass is 9.93. The highest BCUT2D eigenvalue weighted by atomic mass is 16.3. The predicted octanol–water partition coefficient (Wildman–Crippen LogP) is 14.9. The first-order chi connectivity index (χ1) is 28.3. The van der Waals surface area contributed by atoms with Crippen LogP contribution in [0.15, 0.2) is 199 Å². The summed E-state index contributed by atoms with van der Waals surface area (Å²) in [5.74, 6) is 0. The van der Waals surface area contributed by atoms with Gasteiger partial charge in [-0.05, 0) is 92.5 Å². The van der Waals surface area contributed by atoms with Crippen molar-refractivity contribution in [2.24, 2.45) is 0 Å². The van der Waals surface area contributed by atoms with Crippen molar-refractivity contribution < 1.29 is 4.42 Å². The van der Waals surface area contributed by atoms with Crippen LogP contribution < -0.4 is 0 Å². The van der Waals surface area contributed by atoms with Crippen molar-refractivity contribution in [3.8, 4) is 22.5 Å². The first kappa shape index (κ1) is 30.7. The molecule has 3 heteroatoms. The van der Waals surface area contributed by atoms with Gasteiger partial charge < -0.3 is 13.6 Å². The van der Waals surface area contributed by atoms with Gasteiger partial charge in [0.15, 0.2) is 0 Å². The fourth-order valence-corrected chi connectivity index (χ4v) is 9.83. The third-order valence-electron chi connectivity index (χ3n) is 12.3. The minimum absolute atomic E-state index is 0.893. The zero-order valence-corrected chi connectivity index (χ0v) is 30.8. The normalized spacial score (nSPS) is 12.2. The van der Waals surface area contributed by atoms with E-state index in [1.54, 1.807) is 0 Å². The topological polar surface area (TPSA) is 23.0 Å². The lowest BCUT2D eigenvalue weighted by molar-refractivity contribution is 0.670. The van der Waals surface area contributed by atoms with Crippen LogP contribution in [0.1, 0.15) is 0 Å². The number of furan rings is 1. The Kier molecular flexibility index (Phi) is 6.16. The average Bonchev–Trinajstić information content (AvgIpc) is 3.93. The number of nitrogens with zero attached hydrogens (tertiary/aromatic N) is 2. The van der Waals surface area contributed by atoms with Gasteiger partial charge in [-0.2, -0.15) is 0 Å².